The predicted molar refractivity (Wildman–Crippen MR) is 124 cm³/mol. The second-order valence-electron chi connectivity index (χ2n) is 8.28. The Balaban J connectivity index is 1.61. The Morgan fingerprint density at radius 2 is 1.69 bits per heavy atom. The maximum absolute atomic E-state index is 7.74. The van der Waals surface area contributed by atoms with Gasteiger partial charge >= 0.3 is 177 Å². The van der Waals surface area contributed by atoms with Crippen LogP contribution in [0, 0.1) is 6.85 Å². The van der Waals surface area contributed by atoms with Crippen LogP contribution < -0.4 is 8.79 Å². The zero-order valence-corrected chi connectivity index (χ0v) is 18.4. The molecular weight excluding hydrogens is 415 g/mol. The van der Waals surface area contributed by atoms with Crippen molar-refractivity contribution in [3.63, 3.8) is 0 Å². The van der Waals surface area contributed by atoms with E-state index in [1.807, 2.05) is 12.1 Å². The van der Waals surface area contributed by atoms with Gasteiger partial charge in [0.25, 0.3) is 0 Å². The predicted octanol–water partition coefficient (Wildman–Crippen LogP) is 5.76. The normalized spacial score (nSPS) is 16.3. The molecule has 1 aliphatic heterocycles. The van der Waals surface area contributed by atoms with Gasteiger partial charge in [0.05, 0.1) is 0 Å². The molecule has 5 aromatic rings. The molecule has 2 nitrogen and oxygen atoms in total. The summed E-state index contributed by atoms with van der Waals surface area (Å²) >= 11 is -2.38. The molecule has 0 amide bonds. The van der Waals surface area contributed by atoms with E-state index in [4.69, 9.17) is 8.53 Å². The van der Waals surface area contributed by atoms with Crippen molar-refractivity contribution in [3.05, 3.63) is 78.5 Å². The second-order valence-corrected chi connectivity index (χ2v) is 17.4. The fourth-order valence-electron chi connectivity index (χ4n) is 4.77. The summed E-state index contributed by atoms with van der Waals surface area (Å²) in [6.45, 7) is -2.18. The van der Waals surface area contributed by atoms with E-state index in [1.54, 1.807) is 18.3 Å². The fourth-order valence-corrected chi connectivity index (χ4v) is 11.2. The minimum atomic E-state index is -2.38. The van der Waals surface area contributed by atoms with E-state index in [0.29, 0.717) is 5.69 Å². The number of aryl methyl sites for hydroxylation is 1. The van der Waals surface area contributed by atoms with Gasteiger partial charge in [-0.05, 0) is 0 Å². The van der Waals surface area contributed by atoms with Crippen LogP contribution in [0.3, 0.4) is 0 Å². The minimum absolute atomic E-state index is 0.279. The molecule has 3 aromatic carbocycles. The van der Waals surface area contributed by atoms with Gasteiger partial charge in [-0.15, -0.1) is 0 Å². The summed E-state index contributed by atoms with van der Waals surface area (Å²) in [4.78, 5) is 4.46. The van der Waals surface area contributed by atoms with Gasteiger partial charge in [0.2, 0.25) is 0 Å². The molecule has 0 N–H and O–H groups in total. The maximum atomic E-state index is 7.74. The molecule has 6 rings (SSSR count). The zero-order valence-electron chi connectivity index (χ0n) is 19.3. The van der Waals surface area contributed by atoms with Gasteiger partial charge in [0, 0.05) is 0 Å². The van der Waals surface area contributed by atoms with Crippen molar-refractivity contribution in [2.75, 3.05) is 0 Å². The second kappa shape index (κ2) is 5.83. The Morgan fingerprint density at radius 1 is 0.828 bits per heavy atom. The topological polar surface area (TPSA) is 26.0 Å². The molecular formula is C26H21GeNO. The molecule has 0 aliphatic carbocycles. The number of benzene rings is 3. The van der Waals surface area contributed by atoms with E-state index in [-0.39, 0.29) is 5.56 Å². The summed E-state index contributed by atoms with van der Waals surface area (Å²) in [7, 11) is 0. The van der Waals surface area contributed by atoms with Crippen LogP contribution in [0.25, 0.3) is 44.3 Å². The average molecular weight is 439 g/mol. The first-order valence-electron chi connectivity index (χ1n) is 11.3. The van der Waals surface area contributed by atoms with Gasteiger partial charge in [-0.2, -0.15) is 0 Å². The molecule has 1 aliphatic rings. The molecule has 0 unspecified atom stereocenters. The summed E-state index contributed by atoms with van der Waals surface area (Å²) in [5.41, 5.74) is 5.93. The molecule has 3 heteroatoms. The van der Waals surface area contributed by atoms with Crippen LogP contribution in [0.15, 0.2) is 77.3 Å². The van der Waals surface area contributed by atoms with Crippen LogP contribution in [0.2, 0.25) is 11.5 Å². The van der Waals surface area contributed by atoms with Crippen molar-refractivity contribution in [1.82, 2.24) is 4.98 Å². The third kappa shape index (κ3) is 2.33. The Bertz CT molecular complexity index is 1550. The van der Waals surface area contributed by atoms with Crippen molar-refractivity contribution in [1.29, 1.82) is 0 Å². The van der Waals surface area contributed by atoms with Crippen molar-refractivity contribution in [2.45, 2.75) is 18.4 Å². The third-order valence-electron chi connectivity index (χ3n) is 6.24. The quantitative estimate of drug-likeness (QED) is 0.311. The van der Waals surface area contributed by atoms with E-state index in [1.165, 1.54) is 19.9 Å². The average Bonchev–Trinajstić information content (AvgIpc) is 3.25. The molecule has 0 radical (unpaired) electrons. The monoisotopic (exact) mass is 440 g/mol. The molecule has 0 atom stereocenters. The van der Waals surface area contributed by atoms with E-state index >= 15 is 0 Å². The third-order valence-corrected chi connectivity index (χ3v) is 13.7. The van der Waals surface area contributed by atoms with E-state index in [0.717, 1.165) is 27.5 Å². The number of fused-ring (bicyclic) bond motifs is 6. The Morgan fingerprint density at radius 3 is 2.59 bits per heavy atom. The molecule has 0 fully saturated rings. The first-order chi connectivity index (χ1) is 15.2. The van der Waals surface area contributed by atoms with Gasteiger partial charge in [-0.3, -0.25) is 0 Å². The fraction of sp³-hybridized carbons (Fsp3) is 0.115. The summed E-state index contributed by atoms with van der Waals surface area (Å²) in [5, 5.41) is 2.15. The van der Waals surface area contributed by atoms with Crippen molar-refractivity contribution < 1.29 is 8.53 Å². The number of pyridine rings is 1. The summed E-state index contributed by atoms with van der Waals surface area (Å²) in [6, 6.07) is 22.5. The Labute approximate surface area is 176 Å². The van der Waals surface area contributed by atoms with E-state index < -0.39 is 20.1 Å². The number of aromatic nitrogens is 1. The molecule has 0 bridgehead atoms. The Kier molecular flexibility index (Phi) is 2.85. The van der Waals surface area contributed by atoms with Crippen LogP contribution in [-0.4, -0.2) is 18.3 Å². The van der Waals surface area contributed by atoms with Gasteiger partial charge < -0.3 is 0 Å². The number of furan rings is 1. The van der Waals surface area contributed by atoms with Crippen molar-refractivity contribution in [2.24, 2.45) is 0 Å². The zero-order chi connectivity index (χ0) is 22.3. The van der Waals surface area contributed by atoms with Crippen molar-refractivity contribution in [3.8, 4) is 22.4 Å². The first kappa shape index (κ1) is 14.2. The van der Waals surface area contributed by atoms with Crippen molar-refractivity contribution >= 4 is 44.0 Å². The van der Waals surface area contributed by atoms with Gasteiger partial charge in [-0.1, -0.05) is 0 Å². The standard InChI is InChI=1S/C26H21GeNO/c1-16-11-12-28-24(13-16)19-9-6-8-18-21-14-23-20(15-25(21)29-26(18)19)17-7-4-5-10-22(17)27(23,2)3/h4-15H,1-3H3/i1D3. The van der Waals surface area contributed by atoms with Crippen LogP contribution in [0.5, 0.6) is 0 Å². The number of rotatable bonds is 1. The van der Waals surface area contributed by atoms with E-state index in [9.17, 15) is 0 Å². The van der Waals surface area contributed by atoms with Gasteiger partial charge in [0.1, 0.15) is 0 Å². The summed E-state index contributed by atoms with van der Waals surface area (Å²) in [6.07, 6.45) is 1.56. The molecule has 3 heterocycles. The van der Waals surface area contributed by atoms with Crippen LogP contribution in [-0.2, 0) is 0 Å². The van der Waals surface area contributed by atoms with Gasteiger partial charge in [0.15, 0.2) is 0 Å². The van der Waals surface area contributed by atoms with E-state index in [2.05, 4.69) is 59.0 Å². The number of hydrogen-bond donors (Lipinski definition) is 0. The number of para-hydroxylation sites is 1. The van der Waals surface area contributed by atoms with Gasteiger partial charge in [-0.25, -0.2) is 0 Å². The molecule has 0 saturated heterocycles. The molecule has 0 saturated carbocycles. The van der Waals surface area contributed by atoms with Crippen LogP contribution in [0.1, 0.15) is 9.68 Å². The molecule has 2 aromatic heterocycles. The van der Waals surface area contributed by atoms with Crippen LogP contribution in [0.4, 0.5) is 0 Å². The van der Waals surface area contributed by atoms with Crippen LogP contribution >= 0.6 is 0 Å². The summed E-state index contributed by atoms with van der Waals surface area (Å²) in [5.74, 6) is 4.91. The molecule has 29 heavy (non-hydrogen) atoms. The number of hydrogen-bond acceptors (Lipinski definition) is 2. The Hall–Kier alpha value is -2.85. The SMILES string of the molecule is [2H]C([2H])([2H])c1ccnc(-c2cccc3c2oc2cc4[c](cc23)[Ge]([CH3])([CH3])[c]2ccccc2-4)c1. The number of nitrogens with zero attached hydrogens (tertiary/aromatic N) is 1. The first-order valence-corrected chi connectivity index (χ1v) is 16.1. The molecule has 0 spiro atoms. The molecule has 140 valence electrons. The summed E-state index contributed by atoms with van der Waals surface area (Å²) < 4.78 is 32.6.